The van der Waals surface area contributed by atoms with Crippen molar-refractivity contribution in [2.24, 2.45) is 40.0 Å². The molecule has 0 amide bonds. The highest BCUT2D eigenvalue weighted by Crippen LogP contribution is 2.47. The minimum atomic E-state index is -0.853. The van der Waals surface area contributed by atoms with Gasteiger partial charge in [0.1, 0.15) is 22.9 Å². The van der Waals surface area contributed by atoms with Gasteiger partial charge in [-0.1, -0.05) is 82.1 Å². The lowest BCUT2D eigenvalue weighted by molar-refractivity contribution is 0.389. The van der Waals surface area contributed by atoms with Crippen LogP contribution in [-0.2, 0) is 47.5 Å². The molecule has 0 bridgehead atoms. The van der Waals surface area contributed by atoms with E-state index in [1.54, 1.807) is 11.1 Å². The third kappa shape index (κ3) is 20.8. The number of aryl methyl sites for hydroxylation is 6. The number of nitrogens with zero attached hydrogens (tertiary/aromatic N) is 8. The molecule has 10 aliphatic rings. The van der Waals surface area contributed by atoms with Gasteiger partial charge in [-0.3, -0.25) is 4.98 Å². The minimum Gasteiger partial charge on any atom is -0.370 e. The van der Waals surface area contributed by atoms with Gasteiger partial charge in [-0.2, -0.15) is 0 Å². The Balaban J connectivity index is 0.000000103. The second-order valence-electron chi connectivity index (χ2n) is 42.8. The number of anilines is 9. The standard InChI is InChI=1S/C30H38N4.C29H36N4.C23H25N5.C19H19F2N3.C19H28N4/c1-32-20-28(22-13-15-31-16-14-22)26-17-23(10-12-29(26)32)34(3)24-9-11-25-27(19-33(2)30(25)18-24)21-7-5-4-6-8-21;1-32-19-27(21-12-14-30-15-13-21)25-16-22(9-11-28(25)32)31-23-8-10-24-26(18-33(2)29(24)17-23)20-6-4-3-5-7-20;1-2-17-18-5-7-22(28-23(18)27-21(17)3-1)26-15-12-19-16(4-6-20(19)25-13-15)14-8-10-24-11-9-14;20-17-4-2-13(9-18(17)21)24-14-1-3-15-16(11-23-19(15)10-14)12-5-7-22-8-6-12;1-2-4-15(5-3-1)17-13-22-19-16(17)6-7-18(23-19)21-12-14-8-10-20-11-9-14/h9-12,17-22,31H,4-8,13-16H2,1-3H3;8-11,16-21,30-31H,3-7,12-15H2,1-2H3;4-5,7,12-14,24H,1-3,6,8-11H2,(H2,26,27,28);1-4,9-12,22-24H,5-8H2;6-7,13-15,20H,1-5,8-12H2,(H2,21,22,23). The summed E-state index contributed by atoms with van der Waals surface area (Å²) in [5, 5.41) is 40.7. The number of hydrogen-bond donors (Lipinski definition) is 12. The lowest BCUT2D eigenvalue weighted by Gasteiger charge is -2.24. The van der Waals surface area contributed by atoms with E-state index in [1.807, 2.05) is 18.3 Å². The minimum absolute atomic E-state index is 0.526. The number of pyridine rings is 3. The molecule has 142 heavy (non-hydrogen) atoms. The first kappa shape index (κ1) is 94.8. The van der Waals surface area contributed by atoms with Crippen molar-refractivity contribution < 1.29 is 8.78 Å². The first-order chi connectivity index (χ1) is 69.7. The highest BCUT2D eigenvalue weighted by Gasteiger charge is 2.31. The summed E-state index contributed by atoms with van der Waals surface area (Å²) in [4.78, 5) is 27.0. The number of nitrogens with one attached hydrogen (secondary N) is 12. The van der Waals surface area contributed by atoms with E-state index in [-0.39, 0.29) is 0 Å². The molecule has 22 heteroatoms. The smallest absolute Gasteiger partial charge is 0.160 e. The van der Waals surface area contributed by atoms with E-state index in [9.17, 15) is 8.78 Å². The number of fused-ring (bicyclic) bond motifs is 10. The molecule has 16 aromatic rings. The maximum Gasteiger partial charge on any atom is 0.160 e. The van der Waals surface area contributed by atoms with Crippen LogP contribution in [0.1, 0.15) is 258 Å². The number of aromatic amines is 3. The summed E-state index contributed by atoms with van der Waals surface area (Å²) in [6, 6.07) is 48.7. The summed E-state index contributed by atoms with van der Waals surface area (Å²) in [5.41, 5.74) is 31.5. The first-order valence-corrected chi connectivity index (χ1v) is 54.1. The molecule has 3 saturated carbocycles. The van der Waals surface area contributed by atoms with Crippen molar-refractivity contribution in [2.75, 3.05) is 105 Å². The molecule has 0 radical (unpaired) electrons. The number of benzene rings is 6. The zero-order valence-corrected chi connectivity index (χ0v) is 84.1. The van der Waals surface area contributed by atoms with Crippen molar-refractivity contribution in [2.45, 2.75) is 222 Å². The summed E-state index contributed by atoms with van der Waals surface area (Å²) in [7, 11) is 11.0. The van der Waals surface area contributed by atoms with E-state index >= 15 is 0 Å². The summed E-state index contributed by atoms with van der Waals surface area (Å²) >= 11 is 0. The van der Waals surface area contributed by atoms with Gasteiger partial charge in [-0.25, -0.2) is 18.7 Å². The summed E-state index contributed by atoms with van der Waals surface area (Å²) in [6.45, 7) is 12.2. The van der Waals surface area contributed by atoms with Gasteiger partial charge in [0.25, 0.3) is 0 Å². The van der Waals surface area contributed by atoms with Gasteiger partial charge in [-0.05, 0) is 395 Å². The lowest BCUT2D eigenvalue weighted by atomic mass is 9.84. The number of halogens is 2. The maximum absolute atomic E-state index is 13.3. The molecule has 0 spiro atoms. The fraction of sp³-hybridized carbons (Fsp3) is 0.442. The third-order valence-corrected chi connectivity index (χ3v) is 33.7. The first-order valence-electron chi connectivity index (χ1n) is 54.1. The SMILES string of the molecule is C1=C(C2CCNCC2)c2cc(Nc3ccc4c5c([nH]c4n3)CCC5)cnc2C1.CN(c1ccc2c(c1)c(C1CCNCC1)cn2C)c1ccc2c(C3CCCCC3)cn(C)c2c1.Cn1cc(C2CCCCC2)c2ccc(Nc3ccc4c(c3)c(C3CCNCC3)cn4C)cc21.Fc1ccc(Nc2ccc3c(C4CCNCC4)c[nH]c3c2)cc1F.c1cc2c(C3CCCCC3)c[nH]c2nc1NCC1CCNCC1. The normalized spacial score (nSPS) is 18.4. The molecule has 10 aromatic heterocycles. The molecule has 8 fully saturated rings. The number of rotatable bonds is 18. The van der Waals surface area contributed by atoms with E-state index in [0.29, 0.717) is 29.4 Å². The average Bonchev–Trinajstić information content (AvgIpc) is 1.62. The van der Waals surface area contributed by atoms with Gasteiger partial charge in [0.05, 0.1) is 28.6 Å². The molecule has 26 rings (SSSR count). The van der Waals surface area contributed by atoms with Crippen molar-refractivity contribution >= 4 is 134 Å². The molecule has 12 N–H and O–H groups in total. The number of H-pyrrole nitrogens is 3. The van der Waals surface area contributed by atoms with Crippen molar-refractivity contribution in [3.05, 3.63) is 257 Å². The summed E-state index contributed by atoms with van der Waals surface area (Å²) < 4.78 is 35.6. The van der Waals surface area contributed by atoms with Gasteiger partial charge < -0.3 is 86.0 Å². The average molecular weight is 1910 g/mol. The van der Waals surface area contributed by atoms with Crippen LogP contribution < -0.4 is 52.8 Å². The molecular weight excluding hydrogens is 1760 g/mol. The zero-order chi connectivity index (χ0) is 96.1. The monoisotopic (exact) mass is 1910 g/mol. The van der Waals surface area contributed by atoms with Crippen LogP contribution in [0.15, 0.2) is 189 Å². The Kier molecular flexibility index (Phi) is 28.9. The highest BCUT2D eigenvalue weighted by molar-refractivity contribution is 5.95. The van der Waals surface area contributed by atoms with Crippen LogP contribution in [0, 0.1) is 23.5 Å². The molecule has 740 valence electrons. The quantitative estimate of drug-likeness (QED) is 0.0385. The number of hydrogen-bond acceptors (Lipinski definition) is 13. The van der Waals surface area contributed by atoms with Gasteiger partial charge in [-0.15, -0.1) is 0 Å². The Morgan fingerprint density at radius 2 is 0.831 bits per heavy atom. The predicted molar refractivity (Wildman–Crippen MR) is 586 cm³/mol. The Labute approximate surface area is 835 Å². The molecule has 20 nitrogen and oxygen atoms in total. The van der Waals surface area contributed by atoms with Crippen molar-refractivity contribution in [1.82, 2.24) is 74.8 Å². The van der Waals surface area contributed by atoms with Crippen LogP contribution in [0.25, 0.3) is 82.2 Å². The number of aromatic nitrogens is 10. The molecule has 5 aliphatic heterocycles. The Bertz CT molecular complexity index is 7120. The number of allylic oxidation sites excluding steroid dienone is 2. The second-order valence-corrected chi connectivity index (χ2v) is 42.8. The maximum atomic E-state index is 13.3. The molecule has 0 atom stereocenters. The fourth-order valence-electron chi connectivity index (χ4n) is 25.7. The van der Waals surface area contributed by atoms with E-state index in [1.165, 1.54) is 294 Å². The molecule has 5 saturated heterocycles. The van der Waals surface area contributed by atoms with Crippen LogP contribution in [0.2, 0.25) is 0 Å². The van der Waals surface area contributed by atoms with Gasteiger partial charge >= 0.3 is 0 Å². The largest absolute Gasteiger partial charge is 0.370 e. The van der Waals surface area contributed by atoms with Crippen LogP contribution >= 0.6 is 0 Å². The molecule has 15 heterocycles. The molecule has 0 unspecified atom stereocenters. The molecule has 6 aromatic carbocycles. The lowest BCUT2D eigenvalue weighted by Crippen LogP contribution is -2.31. The van der Waals surface area contributed by atoms with Gasteiger partial charge in [0.15, 0.2) is 11.6 Å². The highest BCUT2D eigenvalue weighted by atomic mass is 19.2. The van der Waals surface area contributed by atoms with E-state index in [0.717, 1.165) is 179 Å². The van der Waals surface area contributed by atoms with Crippen LogP contribution in [0.4, 0.5) is 60.2 Å². The summed E-state index contributed by atoms with van der Waals surface area (Å²) in [5.74, 6) is 5.72. The van der Waals surface area contributed by atoms with Crippen LogP contribution in [-0.4, -0.2) is 127 Å². The van der Waals surface area contributed by atoms with Gasteiger partial charge in [0.2, 0.25) is 0 Å². The second kappa shape index (κ2) is 43.2. The molecular formula is C120H146F2N20. The predicted octanol–water partition coefficient (Wildman–Crippen LogP) is 26.7. The number of piperidine rings is 5. The third-order valence-electron chi connectivity index (χ3n) is 33.7. The molecule has 5 aliphatic carbocycles. The van der Waals surface area contributed by atoms with E-state index in [4.69, 9.17) is 15.0 Å². The Hall–Kier alpha value is -12.1. The van der Waals surface area contributed by atoms with Gasteiger partial charge in [0, 0.05) is 191 Å². The van der Waals surface area contributed by atoms with Crippen LogP contribution in [0.3, 0.4) is 0 Å². The van der Waals surface area contributed by atoms with Crippen molar-refractivity contribution in [1.29, 1.82) is 0 Å². The zero-order valence-electron chi connectivity index (χ0n) is 84.1. The Morgan fingerprint density at radius 1 is 0.366 bits per heavy atom. The van der Waals surface area contributed by atoms with E-state index < -0.39 is 11.6 Å². The van der Waals surface area contributed by atoms with Crippen molar-refractivity contribution in [3.63, 3.8) is 0 Å². The van der Waals surface area contributed by atoms with E-state index in [2.05, 4.69) is 274 Å². The van der Waals surface area contributed by atoms with Crippen LogP contribution in [0.5, 0.6) is 0 Å². The topological polar surface area (TPSA) is 217 Å². The fourth-order valence-corrected chi connectivity index (χ4v) is 25.7. The Morgan fingerprint density at radius 3 is 1.46 bits per heavy atom. The summed E-state index contributed by atoms with van der Waals surface area (Å²) in [6.07, 6.45) is 55.4. The van der Waals surface area contributed by atoms with Crippen molar-refractivity contribution in [3.8, 4) is 0 Å².